The van der Waals surface area contributed by atoms with E-state index in [2.05, 4.69) is 46.4 Å². The summed E-state index contributed by atoms with van der Waals surface area (Å²) >= 11 is 1.85. The van der Waals surface area contributed by atoms with Gasteiger partial charge >= 0.3 is 0 Å². The molecule has 0 spiro atoms. The Labute approximate surface area is 170 Å². The molecule has 0 unspecified atom stereocenters. The number of fused-ring (bicyclic) bond motifs is 3. The second-order valence-corrected chi connectivity index (χ2v) is 8.68. The molecule has 148 valence electrons. The van der Waals surface area contributed by atoms with Gasteiger partial charge in [-0.3, -0.25) is 0 Å². The smallest absolute Gasteiger partial charge is 0.138 e. The molecule has 0 fully saturated rings. The van der Waals surface area contributed by atoms with Crippen molar-refractivity contribution in [2.24, 2.45) is 0 Å². The molecule has 4 rings (SSSR count). The van der Waals surface area contributed by atoms with E-state index in [1.165, 1.54) is 47.1 Å². The average molecular weight is 397 g/mol. The zero-order valence-electron chi connectivity index (χ0n) is 16.9. The molecule has 0 saturated carbocycles. The fourth-order valence-electron chi connectivity index (χ4n) is 4.02. The van der Waals surface area contributed by atoms with Gasteiger partial charge in [-0.1, -0.05) is 18.6 Å². The molecular weight excluding hydrogens is 368 g/mol. The number of rotatable bonds is 6. The molecule has 2 heterocycles. The van der Waals surface area contributed by atoms with Gasteiger partial charge < -0.3 is 15.0 Å². The summed E-state index contributed by atoms with van der Waals surface area (Å²) in [6.07, 6.45) is 7.89. The quantitative estimate of drug-likeness (QED) is 0.613. The largest absolute Gasteiger partial charge is 0.497 e. The van der Waals surface area contributed by atoms with E-state index in [1.807, 2.05) is 23.5 Å². The van der Waals surface area contributed by atoms with Gasteiger partial charge in [-0.15, -0.1) is 11.3 Å². The highest BCUT2D eigenvalue weighted by Gasteiger charge is 2.20. The number of methoxy groups -OCH3 is 1. The molecule has 0 aliphatic heterocycles. The third kappa shape index (κ3) is 3.84. The normalized spacial score (nSPS) is 15.3. The maximum atomic E-state index is 5.30. The zero-order valence-corrected chi connectivity index (χ0v) is 17.7. The molecule has 6 heteroatoms. The second-order valence-electron chi connectivity index (χ2n) is 7.60. The Balaban J connectivity index is 1.60. The standard InChI is InChI=1S/C22H28N4OS/c1-26(2)18(15-9-11-16(27-3)12-10-15)13-23-21-20-17-7-5-4-6-8-19(17)28-22(20)25-14-24-21/h9-12,14,18H,4-8,13H2,1-3H3,(H,23,24,25)/t18-/m1/s1. The van der Waals surface area contributed by atoms with E-state index in [0.29, 0.717) is 0 Å². The van der Waals surface area contributed by atoms with Gasteiger partial charge in [0, 0.05) is 11.4 Å². The van der Waals surface area contributed by atoms with E-state index in [4.69, 9.17) is 4.74 Å². The molecule has 5 nitrogen and oxygen atoms in total. The van der Waals surface area contributed by atoms with Gasteiger partial charge in [-0.25, -0.2) is 9.97 Å². The van der Waals surface area contributed by atoms with Crippen LogP contribution < -0.4 is 10.1 Å². The van der Waals surface area contributed by atoms with Crippen molar-refractivity contribution < 1.29 is 4.74 Å². The van der Waals surface area contributed by atoms with Gasteiger partial charge in [0.25, 0.3) is 0 Å². The Morgan fingerprint density at radius 1 is 1.11 bits per heavy atom. The van der Waals surface area contributed by atoms with Gasteiger partial charge in [0.1, 0.15) is 22.7 Å². The van der Waals surface area contributed by atoms with Crippen molar-refractivity contribution in [3.63, 3.8) is 0 Å². The summed E-state index contributed by atoms with van der Waals surface area (Å²) in [6.45, 7) is 0.788. The summed E-state index contributed by atoms with van der Waals surface area (Å²) in [4.78, 5) is 14.0. The van der Waals surface area contributed by atoms with Crippen LogP contribution in [0.1, 0.15) is 41.3 Å². The van der Waals surface area contributed by atoms with Crippen LogP contribution in [0.2, 0.25) is 0 Å². The Hall–Kier alpha value is -2.18. The first-order valence-electron chi connectivity index (χ1n) is 9.97. The number of hydrogen-bond acceptors (Lipinski definition) is 6. The highest BCUT2D eigenvalue weighted by Crippen LogP contribution is 2.37. The maximum Gasteiger partial charge on any atom is 0.138 e. The molecule has 3 aromatic rings. The number of nitrogens with one attached hydrogen (secondary N) is 1. The van der Waals surface area contributed by atoms with Crippen molar-refractivity contribution in [2.45, 2.75) is 38.1 Å². The Kier molecular flexibility index (Phi) is 5.78. The van der Waals surface area contributed by atoms with Crippen LogP contribution in [-0.2, 0) is 12.8 Å². The summed E-state index contributed by atoms with van der Waals surface area (Å²) in [5, 5.41) is 4.88. The highest BCUT2D eigenvalue weighted by atomic mass is 32.1. The molecule has 0 bridgehead atoms. The number of nitrogens with zero attached hydrogens (tertiary/aromatic N) is 3. The van der Waals surface area contributed by atoms with Gasteiger partial charge in [0.05, 0.1) is 18.5 Å². The number of likely N-dealkylation sites (N-methyl/N-ethyl adjacent to an activating group) is 1. The summed E-state index contributed by atoms with van der Waals surface area (Å²) in [6, 6.07) is 8.56. The lowest BCUT2D eigenvalue weighted by molar-refractivity contribution is 0.311. The molecule has 0 saturated heterocycles. The summed E-state index contributed by atoms with van der Waals surface area (Å²) in [5.74, 6) is 1.86. The van der Waals surface area contributed by atoms with Gasteiger partial charge in [-0.05, 0) is 63.0 Å². The predicted octanol–water partition coefficient (Wildman–Crippen LogP) is 4.68. The van der Waals surface area contributed by atoms with Crippen LogP contribution in [0.5, 0.6) is 5.75 Å². The molecule has 0 amide bonds. The molecule has 1 aliphatic carbocycles. The van der Waals surface area contributed by atoms with E-state index in [-0.39, 0.29) is 6.04 Å². The molecule has 1 N–H and O–H groups in total. The second kappa shape index (κ2) is 8.45. The van der Waals surface area contributed by atoms with Gasteiger partial charge in [-0.2, -0.15) is 0 Å². The molecule has 1 aliphatic rings. The summed E-state index contributed by atoms with van der Waals surface area (Å²) in [7, 11) is 5.93. The van der Waals surface area contributed by atoms with Crippen LogP contribution in [0.15, 0.2) is 30.6 Å². The molecular formula is C22H28N4OS. The van der Waals surface area contributed by atoms with E-state index >= 15 is 0 Å². The lowest BCUT2D eigenvalue weighted by atomic mass is 10.1. The summed E-state index contributed by atoms with van der Waals surface area (Å²) < 4.78 is 5.30. The molecule has 1 atom stereocenters. The topological polar surface area (TPSA) is 50.3 Å². The SMILES string of the molecule is COc1ccc([C@@H](CNc2ncnc3sc4c(c23)CCCCC4)N(C)C)cc1. The third-order valence-corrected chi connectivity index (χ3v) is 6.79. The number of benzene rings is 1. The zero-order chi connectivity index (χ0) is 19.5. The van der Waals surface area contributed by atoms with Crippen LogP contribution >= 0.6 is 11.3 Å². The number of hydrogen-bond donors (Lipinski definition) is 1. The molecule has 28 heavy (non-hydrogen) atoms. The molecule has 1 aromatic carbocycles. The van der Waals surface area contributed by atoms with Crippen molar-refractivity contribution in [1.82, 2.24) is 14.9 Å². The van der Waals surface area contributed by atoms with Crippen molar-refractivity contribution >= 4 is 27.4 Å². The van der Waals surface area contributed by atoms with Crippen LogP contribution in [0, 0.1) is 0 Å². The third-order valence-electron chi connectivity index (χ3n) is 5.59. The lowest BCUT2D eigenvalue weighted by Crippen LogP contribution is -2.27. The Morgan fingerprint density at radius 3 is 2.64 bits per heavy atom. The monoisotopic (exact) mass is 396 g/mol. The van der Waals surface area contributed by atoms with E-state index in [1.54, 1.807) is 13.4 Å². The first kappa shape index (κ1) is 19.2. The van der Waals surface area contributed by atoms with Crippen LogP contribution in [0.3, 0.4) is 0 Å². The predicted molar refractivity (Wildman–Crippen MR) is 117 cm³/mol. The van der Waals surface area contributed by atoms with Crippen LogP contribution in [0.4, 0.5) is 5.82 Å². The number of anilines is 1. The first-order valence-corrected chi connectivity index (χ1v) is 10.8. The van der Waals surface area contributed by atoms with E-state index in [0.717, 1.165) is 29.4 Å². The summed E-state index contributed by atoms with van der Waals surface area (Å²) in [5.41, 5.74) is 2.74. The van der Waals surface area contributed by atoms with Crippen LogP contribution in [-0.4, -0.2) is 42.6 Å². The number of thiophene rings is 1. The van der Waals surface area contributed by atoms with E-state index < -0.39 is 0 Å². The van der Waals surface area contributed by atoms with Crippen LogP contribution in [0.25, 0.3) is 10.2 Å². The minimum Gasteiger partial charge on any atom is -0.497 e. The number of ether oxygens (including phenoxy) is 1. The number of aromatic nitrogens is 2. The molecule has 0 radical (unpaired) electrons. The first-order chi connectivity index (χ1) is 13.7. The molecule has 2 aromatic heterocycles. The highest BCUT2D eigenvalue weighted by molar-refractivity contribution is 7.18. The van der Waals surface area contributed by atoms with E-state index in [9.17, 15) is 0 Å². The minimum atomic E-state index is 0.244. The fraction of sp³-hybridized carbons (Fsp3) is 0.455. The van der Waals surface area contributed by atoms with Crippen molar-refractivity contribution in [2.75, 3.05) is 33.1 Å². The van der Waals surface area contributed by atoms with Gasteiger partial charge in [0.2, 0.25) is 0 Å². The Bertz CT molecular complexity index is 936. The minimum absolute atomic E-state index is 0.244. The average Bonchev–Trinajstić information content (AvgIpc) is 2.90. The fourth-order valence-corrected chi connectivity index (χ4v) is 5.25. The van der Waals surface area contributed by atoms with Gasteiger partial charge in [0.15, 0.2) is 0 Å². The lowest BCUT2D eigenvalue weighted by Gasteiger charge is -2.25. The maximum absolute atomic E-state index is 5.30. The van der Waals surface area contributed by atoms with Crippen molar-refractivity contribution in [1.29, 1.82) is 0 Å². The van der Waals surface area contributed by atoms with Crippen molar-refractivity contribution in [3.8, 4) is 5.75 Å². The number of aryl methyl sites for hydroxylation is 2. The Morgan fingerprint density at radius 2 is 1.89 bits per heavy atom. The van der Waals surface area contributed by atoms with Crippen molar-refractivity contribution in [3.05, 3.63) is 46.6 Å².